The van der Waals surface area contributed by atoms with Gasteiger partial charge in [-0.2, -0.15) is 0 Å². The van der Waals surface area contributed by atoms with Crippen LogP contribution in [0.3, 0.4) is 0 Å². The topological polar surface area (TPSA) is 17.8 Å². The van der Waals surface area contributed by atoms with Gasteiger partial charge in [0.25, 0.3) is 0 Å². The molecule has 0 radical (unpaired) electrons. The molecule has 39 heavy (non-hydrogen) atoms. The number of aryl methyl sites for hydroxylation is 1. The van der Waals surface area contributed by atoms with E-state index in [1.54, 1.807) is 0 Å². The normalized spacial score (nSPS) is 13.8. The van der Waals surface area contributed by atoms with Crippen molar-refractivity contribution in [2.24, 2.45) is 0 Å². The molecule has 0 saturated heterocycles. The Morgan fingerprint density at radius 3 is 1.82 bits per heavy atom. The van der Waals surface area contributed by atoms with Crippen LogP contribution in [0, 0.1) is 0 Å². The Labute approximate surface area is 240 Å². The second kappa shape index (κ2) is 18.1. The van der Waals surface area contributed by atoms with Crippen molar-refractivity contribution in [3.8, 4) is 0 Å². The highest BCUT2D eigenvalue weighted by Crippen LogP contribution is 2.44. The van der Waals surface area contributed by atoms with Crippen molar-refractivity contribution >= 4 is 0 Å². The molecular weight excluding hydrogens is 472 g/mol. The molecule has 3 aromatic rings. The van der Waals surface area contributed by atoms with E-state index >= 15 is 0 Å². The van der Waals surface area contributed by atoms with E-state index in [-0.39, 0.29) is 5.41 Å². The van der Waals surface area contributed by atoms with E-state index < -0.39 is 0 Å². The lowest BCUT2D eigenvalue weighted by Gasteiger charge is -2.39. The maximum atomic E-state index is 5.08. The van der Waals surface area contributed by atoms with Gasteiger partial charge in [0.15, 0.2) is 0 Å². The van der Waals surface area contributed by atoms with Gasteiger partial charge in [-0.15, -0.1) is 0 Å². The smallest absolute Gasteiger partial charge is 0.112 e. The number of hydrogen-bond donors (Lipinski definition) is 0. The zero-order valence-electron chi connectivity index (χ0n) is 25.4. The summed E-state index contributed by atoms with van der Waals surface area (Å²) in [5, 5.41) is 0. The van der Waals surface area contributed by atoms with Crippen LogP contribution in [-0.4, -0.2) is 9.55 Å². The quantitative estimate of drug-likeness (QED) is 0.126. The first kappa shape index (κ1) is 31.2. The van der Waals surface area contributed by atoms with Gasteiger partial charge in [-0.25, -0.2) is 4.98 Å². The van der Waals surface area contributed by atoms with Crippen LogP contribution in [0.25, 0.3) is 0 Å². The minimum Gasteiger partial charge on any atom is -0.335 e. The summed E-state index contributed by atoms with van der Waals surface area (Å²) in [5.74, 6) is 1.68. The first-order chi connectivity index (χ1) is 19.2. The monoisotopic (exact) mass is 528 g/mol. The molecule has 0 amide bonds. The first-order valence-electron chi connectivity index (χ1n) is 16.3. The fourth-order valence-electron chi connectivity index (χ4n) is 6.36. The maximum absolute atomic E-state index is 5.08. The van der Waals surface area contributed by atoms with Crippen molar-refractivity contribution in [1.29, 1.82) is 0 Å². The van der Waals surface area contributed by atoms with Gasteiger partial charge in [0.2, 0.25) is 0 Å². The van der Waals surface area contributed by atoms with Gasteiger partial charge in [-0.05, 0) is 30.4 Å². The molecule has 2 nitrogen and oxygen atoms in total. The molecule has 2 aromatic carbocycles. The highest BCUT2D eigenvalue weighted by molar-refractivity contribution is 5.33. The fraction of sp³-hybridized carbons (Fsp3) is 0.595. The Kier molecular flexibility index (Phi) is 14.5. The van der Waals surface area contributed by atoms with Crippen molar-refractivity contribution in [2.45, 2.75) is 141 Å². The SMILES string of the molecule is CCCCCCCCCCCCn1ccnc1C(CCCCCC)C(C)(Cc1ccccc1)c1ccccc1. The number of benzene rings is 2. The van der Waals surface area contributed by atoms with Crippen LogP contribution in [0.15, 0.2) is 73.1 Å². The van der Waals surface area contributed by atoms with Crippen molar-refractivity contribution in [3.63, 3.8) is 0 Å². The van der Waals surface area contributed by atoms with Crippen molar-refractivity contribution in [2.75, 3.05) is 0 Å². The molecule has 0 spiro atoms. The zero-order valence-corrected chi connectivity index (χ0v) is 25.4. The number of nitrogens with zero attached hydrogens (tertiary/aromatic N) is 2. The molecule has 0 bridgehead atoms. The van der Waals surface area contributed by atoms with Gasteiger partial charge >= 0.3 is 0 Å². The van der Waals surface area contributed by atoms with E-state index in [0.29, 0.717) is 5.92 Å². The second-order valence-electron chi connectivity index (χ2n) is 12.0. The molecule has 1 aromatic heterocycles. The van der Waals surface area contributed by atoms with Crippen LogP contribution in [0.1, 0.15) is 140 Å². The standard InChI is InChI=1S/C37H56N2/c1-4-6-8-10-11-12-13-14-15-23-30-39-31-29-38-36(39)35(28-22-9-7-5-2)37(3,34-26-20-17-21-27-34)32-33-24-18-16-19-25-33/h16-21,24-27,29,31,35H,4-15,22-23,28,30,32H2,1-3H3. The molecule has 2 unspecified atom stereocenters. The molecule has 0 saturated carbocycles. The Balaban J connectivity index is 1.72. The summed E-state index contributed by atoms with van der Waals surface area (Å²) in [5.41, 5.74) is 2.83. The minimum absolute atomic E-state index is 0.0181. The Hall–Kier alpha value is -2.35. The molecule has 0 aliphatic carbocycles. The molecule has 1 heterocycles. The maximum Gasteiger partial charge on any atom is 0.112 e. The summed E-state index contributed by atoms with van der Waals surface area (Å²) >= 11 is 0. The molecule has 0 aliphatic heterocycles. The molecule has 0 aliphatic rings. The summed E-state index contributed by atoms with van der Waals surface area (Å²) < 4.78 is 2.50. The summed E-state index contributed by atoms with van der Waals surface area (Å²) in [4.78, 5) is 5.08. The number of hydrogen-bond acceptors (Lipinski definition) is 1. The number of rotatable bonds is 21. The number of imidazole rings is 1. The predicted octanol–water partition coefficient (Wildman–Crippen LogP) is 11.1. The van der Waals surface area contributed by atoms with Gasteiger partial charge in [0.05, 0.1) is 0 Å². The van der Waals surface area contributed by atoms with Crippen molar-refractivity contribution in [3.05, 3.63) is 90.0 Å². The highest BCUT2D eigenvalue weighted by atomic mass is 15.1. The van der Waals surface area contributed by atoms with Crippen LogP contribution >= 0.6 is 0 Å². The minimum atomic E-state index is -0.0181. The van der Waals surface area contributed by atoms with E-state index in [4.69, 9.17) is 4.98 Å². The van der Waals surface area contributed by atoms with Crippen molar-refractivity contribution in [1.82, 2.24) is 9.55 Å². The molecule has 214 valence electrons. The molecular formula is C37H56N2. The largest absolute Gasteiger partial charge is 0.335 e. The van der Waals surface area contributed by atoms with Gasteiger partial charge in [0.1, 0.15) is 5.82 Å². The Morgan fingerprint density at radius 1 is 0.667 bits per heavy atom. The molecule has 2 atom stereocenters. The third-order valence-electron chi connectivity index (χ3n) is 8.77. The third kappa shape index (κ3) is 10.3. The van der Waals surface area contributed by atoms with Gasteiger partial charge in [0, 0.05) is 30.3 Å². The van der Waals surface area contributed by atoms with Gasteiger partial charge in [-0.1, -0.05) is 165 Å². The fourth-order valence-corrected chi connectivity index (χ4v) is 6.36. The van der Waals surface area contributed by atoms with E-state index in [2.05, 4.69) is 98.4 Å². The lowest BCUT2D eigenvalue weighted by molar-refractivity contribution is 0.322. The lowest BCUT2D eigenvalue weighted by Crippen LogP contribution is -2.35. The van der Waals surface area contributed by atoms with Crippen LogP contribution in [0.5, 0.6) is 0 Å². The predicted molar refractivity (Wildman–Crippen MR) is 170 cm³/mol. The van der Waals surface area contributed by atoms with Crippen LogP contribution in [-0.2, 0) is 18.4 Å². The van der Waals surface area contributed by atoms with Gasteiger partial charge in [-0.3, -0.25) is 0 Å². The van der Waals surface area contributed by atoms with Crippen LogP contribution in [0.2, 0.25) is 0 Å². The van der Waals surface area contributed by atoms with E-state index in [9.17, 15) is 0 Å². The van der Waals surface area contributed by atoms with E-state index in [1.807, 2.05) is 0 Å². The molecule has 0 N–H and O–H groups in total. The van der Waals surface area contributed by atoms with Gasteiger partial charge < -0.3 is 4.57 Å². The van der Waals surface area contributed by atoms with Crippen LogP contribution < -0.4 is 0 Å². The zero-order chi connectivity index (χ0) is 27.6. The Bertz CT molecular complexity index is 993. The first-order valence-corrected chi connectivity index (χ1v) is 16.3. The molecule has 0 fully saturated rings. The highest BCUT2D eigenvalue weighted by Gasteiger charge is 2.39. The average Bonchev–Trinajstić information content (AvgIpc) is 3.43. The third-order valence-corrected chi connectivity index (χ3v) is 8.77. The van der Waals surface area contributed by atoms with Crippen molar-refractivity contribution < 1.29 is 0 Å². The number of aromatic nitrogens is 2. The molecule has 2 heteroatoms. The summed E-state index contributed by atoms with van der Waals surface area (Å²) in [7, 11) is 0. The van der Waals surface area contributed by atoms with E-state index in [1.165, 1.54) is 113 Å². The number of unbranched alkanes of at least 4 members (excludes halogenated alkanes) is 12. The average molecular weight is 529 g/mol. The summed E-state index contributed by atoms with van der Waals surface area (Å²) in [6.45, 7) is 8.19. The molecule has 3 rings (SSSR count). The Morgan fingerprint density at radius 2 is 1.21 bits per heavy atom. The summed E-state index contributed by atoms with van der Waals surface area (Å²) in [6, 6.07) is 22.4. The lowest BCUT2D eigenvalue weighted by atomic mass is 9.66. The van der Waals surface area contributed by atoms with E-state index in [0.717, 1.165) is 13.0 Å². The summed E-state index contributed by atoms with van der Waals surface area (Å²) in [6.07, 6.45) is 25.5. The second-order valence-corrected chi connectivity index (χ2v) is 12.0. The van der Waals surface area contributed by atoms with Crippen LogP contribution in [0.4, 0.5) is 0 Å².